The highest BCUT2D eigenvalue weighted by molar-refractivity contribution is 5.96. The summed E-state index contributed by atoms with van der Waals surface area (Å²) in [6.45, 7) is 8.51. The summed E-state index contributed by atoms with van der Waals surface area (Å²) in [6.07, 6.45) is 2.91. The molecule has 2 rings (SSSR count). The predicted molar refractivity (Wildman–Crippen MR) is 85.8 cm³/mol. The zero-order chi connectivity index (χ0) is 15.3. The van der Waals surface area contributed by atoms with Gasteiger partial charge in [0.2, 0.25) is 5.91 Å². The highest BCUT2D eigenvalue weighted by Gasteiger charge is 2.34. The molecular formula is C17H26N2O2. The van der Waals surface area contributed by atoms with Crippen LogP contribution >= 0.6 is 0 Å². The highest BCUT2D eigenvalue weighted by Crippen LogP contribution is 2.31. The fraction of sp³-hybridized carbons (Fsp3) is 0.588. The Morgan fingerprint density at radius 3 is 2.95 bits per heavy atom. The van der Waals surface area contributed by atoms with Gasteiger partial charge >= 0.3 is 0 Å². The van der Waals surface area contributed by atoms with Gasteiger partial charge < -0.3 is 15.4 Å². The molecule has 1 atom stereocenters. The molecule has 4 heteroatoms. The van der Waals surface area contributed by atoms with Gasteiger partial charge in [-0.3, -0.25) is 4.79 Å². The Kier molecular flexibility index (Phi) is 5.23. The maximum Gasteiger partial charge on any atom is 0.231 e. The van der Waals surface area contributed by atoms with E-state index in [0.717, 1.165) is 49.4 Å². The van der Waals surface area contributed by atoms with Gasteiger partial charge in [0.05, 0.1) is 17.7 Å². The molecule has 1 fully saturated rings. The van der Waals surface area contributed by atoms with Crippen molar-refractivity contribution in [3.05, 3.63) is 23.8 Å². The van der Waals surface area contributed by atoms with E-state index in [9.17, 15) is 4.79 Å². The van der Waals surface area contributed by atoms with Crippen LogP contribution in [-0.4, -0.2) is 25.6 Å². The first kappa shape index (κ1) is 15.8. The molecule has 4 nitrogen and oxygen atoms in total. The van der Waals surface area contributed by atoms with Gasteiger partial charge in [0.15, 0.2) is 0 Å². The van der Waals surface area contributed by atoms with Crippen molar-refractivity contribution in [2.24, 2.45) is 5.41 Å². The number of carbonyl (C=O) groups excluding carboxylic acids is 1. The van der Waals surface area contributed by atoms with Crippen molar-refractivity contribution in [1.29, 1.82) is 0 Å². The van der Waals surface area contributed by atoms with Crippen LogP contribution in [0.1, 0.15) is 38.7 Å². The average molecular weight is 290 g/mol. The van der Waals surface area contributed by atoms with Crippen LogP contribution in [0.2, 0.25) is 0 Å². The summed E-state index contributed by atoms with van der Waals surface area (Å²) in [5.41, 5.74) is 1.56. The zero-order valence-electron chi connectivity index (χ0n) is 13.3. The summed E-state index contributed by atoms with van der Waals surface area (Å²) in [4.78, 5) is 12.6. The number of hydrogen-bond acceptors (Lipinski definition) is 3. The molecule has 0 radical (unpaired) electrons. The van der Waals surface area contributed by atoms with Crippen molar-refractivity contribution in [1.82, 2.24) is 5.32 Å². The van der Waals surface area contributed by atoms with Crippen molar-refractivity contribution < 1.29 is 9.53 Å². The first-order valence-corrected chi connectivity index (χ1v) is 7.81. The first-order chi connectivity index (χ1) is 10.0. The second-order valence-electron chi connectivity index (χ2n) is 6.14. The maximum atomic E-state index is 12.6. The summed E-state index contributed by atoms with van der Waals surface area (Å²) in [7, 11) is 0. The Bertz CT molecular complexity index is 494. The summed E-state index contributed by atoms with van der Waals surface area (Å²) in [5.74, 6) is 0.831. The van der Waals surface area contributed by atoms with Crippen LogP contribution in [0.25, 0.3) is 0 Å². The fourth-order valence-corrected chi connectivity index (χ4v) is 2.59. The van der Waals surface area contributed by atoms with Crippen LogP contribution in [0.4, 0.5) is 5.69 Å². The van der Waals surface area contributed by atoms with E-state index in [4.69, 9.17) is 4.74 Å². The predicted octanol–water partition coefficient (Wildman–Crippen LogP) is 3.11. The quantitative estimate of drug-likeness (QED) is 0.876. The smallest absolute Gasteiger partial charge is 0.231 e. The molecule has 1 heterocycles. The molecular weight excluding hydrogens is 264 g/mol. The molecule has 0 aliphatic carbocycles. The van der Waals surface area contributed by atoms with E-state index in [1.807, 2.05) is 32.0 Å². The molecule has 0 saturated carbocycles. The van der Waals surface area contributed by atoms with Gasteiger partial charge in [-0.25, -0.2) is 0 Å². The molecule has 1 unspecified atom stereocenters. The van der Waals surface area contributed by atoms with Crippen LogP contribution < -0.4 is 15.4 Å². The van der Waals surface area contributed by atoms with Crippen molar-refractivity contribution in [3.8, 4) is 5.75 Å². The van der Waals surface area contributed by atoms with Gasteiger partial charge in [-0.05, 0) is 57.4 Å². The lowest BCUT2D eigenvalue weighted by atomic mass is 9.82. The monoisotopic (exact) mass is 290 g/mol. The molecule has 1 aliphatic rings. The normalized spacial score (nSPS) is 21.9. The number of anilines is 1. The Hall–Kier alpha value is -1.55. The van der Waals surface area contributed by atoms with E-state index < -0.39 is 0 Å². The van der Waals surface area contributed by atoms with E-state index in [-0.39, 0.29) is 11.3 Å². The van der Waals surface area contributed by atoms with E-state index in [2.05, 4.69) is 17.6 Å². The van der Waals surface area contributed by atoms with E-state index >= 15 is 0 Å². The van der Waals surface area contributed by atoms with Gasteiger partial charge in [-0.1, -0.05) is 13.0 Å². The molecule has 0 aromatic heterocycles. The van der Waals surface area contributed by atoms with Gasteiger partial charge in [0.25, 0.3) is 0 Å². The lowest BCUT2D eigenvalue weighted by Crippen LogP contribution is -2.46. The Morgan fingerprint density at radius 2 is 2.29 bits per heavy atom. The van der Waals surface area contributed by atoms with Crippen molar-refractivity contribution in [2.45, 2.75) is 40.0 Å². The molecule has 1 aliphatic heterocycles. The summed E-state index contributed by atoms with van der Waals surface area (Å²) < 4.78 is 5.76. The van der Waals surface area contributed by atoms with Gasteiger partial charge in [-0.15, -0.1) is 0 Å². The fourth-order valence-electron chi connectivity index (χ4n) is 2.59. The van der Waals surface area contributed by atoms with Gasteiger partial charge in [0.1, 0.15) is 5.75 Å². The molecule has 0 spiro atoms. The number of amides is 1. The van der Waals surface area contributed by atoms with Crippen LogP contribution in [0.3, 0.4) is 0 Å². The second kappa shape index (κ2) is 6.94. The van der Waals surface area contributed by atoms with Gasteiger partial charge in [-0.2, -0.15) is 0 Å². The van der Waals surface area contributed by atoms with Crippen molar-refractivity contribution >= 4 is 11.6 Å². The first-order valence-electron chi connectivity index (χ1n) is 7.81. The lowest BCUT2D eigenvalue weighted by molar-refractivity contribution is -0.125. The number of carbonyl (C=O) groups is 1. The van der Waals surface area contributed by atoms with Crippen LogP contribution in [0, 0.1) is 12.3 Å². The molecule has 1 amide bonds. The van der Waals surface area contributed by atoms with Crippen molar-refractivity contribution in [3.63, 3.8) is 0 Å². The van der Waals surface area contributed by atoms with Gasteiger partial charge in [0, 0.05) is 6.54 Å². The number of rotatable bonds is 5. The third-order valence-corrected chi connectivity index (χ3v) is 3.99. The number of nitrogens with one attached hydrogen (secondary N) is 2. The molecule has 21 heavy (non-hydrogen) atoms. The lowest BCUT2D eigenvalue weighted by Gasteiger charge is -2.32. The third-order valence-electron chi connectivity index (χ3n) is 3.99. The number of aryl methyl sites for hydroxylation is 1. The Balaban J connectivity index is 2.12. The highest BCUT2D eigenvalue weighted by atomic mass is 16.5. The van der Waals surface area contributed by atoms with E-state index in [1.54, 1.807) is 0 Å². The molecule has 0 bridgehead atoms. The zero-order valence-corrected chi connectivity index (χ0v) is 13.3. The minimum Gasteiger partial charge on any atom is -0.491 e. The van der Waals surface area contributed by atoms with E-state index in [0.29, 0.717) is 6.61 Å². The minimum absolute atomic E-state index is 0.0694. The number of benzene rings is 1. The molecule has 1 saturated heterocycles. The van der Waals surface area contributed by atoms with Crippen LogP contribution in [0.5, 0.6) is 5.75 Å². The van der Waals surface area contributed by atoms with Crippen molar-refractivity contribution in [2.75, 3.05) is 25.0 Å². The topological polar surface area (TPSA) is 50.4 Å². The number of piperidine rings is 1. The maximum absolute atomic E-state index is 12.6. The third kappa shape index (κ3) is 3.97. The summed E-state index contributed by atoms with van der Waals surface area (Å²) in [5, 5.41) is 6.36. The second-order valence-corrected chi connectivity index (χ2v) is 6.14. The average Bonchev–Trinajstić information content (AvgIpc) is 2.48. The van der Waals surface area contributed by atoms with E-state index in [1.165, 1.54) is 0 Å². The summed E-state index contributed by atoms with van der Waals surface area (Å²) in [6, 6.07) is 5.90. The Labute approximate surface area is 127 Å². The molecule has 1 aromatic carbocycles. The summed E-state index contributed by atoms with van der Waals surface area (Å²) >= 11 is 0. The standard InChI is InChI=1S/C17H26N2O2/c1-4-10-21-15-11-13(2)6-7-14(15)19-16(20)17(3)8-5-9-18-12-17/h6-7,11,18H,4-5,8-10,12H2,1-3H3,(H,19,20). The molecule has 1 aromatic rings. The molecule has 116 valence electrons. The van der Waals surface area contributed by atoms with Crippen LogP contribution in [-0.2, 0) is 4.79 Å². The minimum atomic E-state index is -0.342. The number of hydrogen-bond donors (Lipinski definition) is 2. The number of ether oxygens (including phenoxy) is 1. The largest absolute Gasteiger partial charge is 0.491 e. The molecule has 2 N–H and O–H groups in total. The SMILES string of the molecule is CCCOc1cc(C)ccc1NC(=O)C1(C)CCCNC1. The van der Waals surface area contributed by atoms with Crippen LogP contribution in [0.15, 0.2) is 18.2 Å². The Morgan fingerprint density at radius 1 is 1.48 bits per heavy atom.